The van der Waals surface area contributed by atoms with Gasteiger partial charge in [-0.15, -0.1) is 0 Å². The van der Waals surface area contributed by atoms with Crippen LogP contribution in [0, 0.1) is 0 Å². The maximum atomic E-state index is 11.9. The largest absolute Gasteiger partial charge is 0.343 e. The molecule has 0 unspecified atom stereocenters. The first-order chi connectivity index (χ1) is 10.1. The van der Waals surface area contributed by atoms with Crippen molar-refractivity contribution in [3.63, 3.8) is 0 Å². The Morgan fingerprint density at radius 2 is 2.10 bits per heavy atom. The summed E-state index contributed by atoms with van der Waals surface area (Å²) in [5, 5.41) is 11.1. The van der Waals surface area contributed by atoms with Crippen molar-refractivity contribution in [3.05, 3.63) is 48.3 Å². The standard InChI is InChI=1S/C15H15N5O/c1-20(2)15(21)13-4-3-5-14(18-13)17-11-6-7-12-10(8-11)9-16-19-12/h3-9H,1-2H3,(H,16,19)(H,17,18). The summed E-state index contributed by atoms with van der Waals surface area (Å²) in [6, 6.07) is 11.2. The number of carbonyl (C=O) groups is 1. The van der Waals surface area contributed by atoms with Gasteiger partial charge in [0.15, 0.2) is 0 Å². The average molecular weight is 281 g/mol. The van der Waals surface area contributed by atoms with Crippen LogP contribution in [0.5, 0.6) is 0 Å². The molecule has 2 N–H and O–H groups in total. The number of amides is 1. The average Bonchev–Trinajstić information content (AvgIpc) is 2.94. The molecule has 0 saturated heterocycles. The van der Waals surface area contributed by atoms with Gasteiger partial charge >= 0.3 is 0 Å². The first-order valence-corrected chi connectivity index (χ1v) is 6.52. The minimum atomic E-state index is -0.121. The summed E-state index contributed by atoms with van der Waals surface area (Å²) in [6.45, 7) is 0. The molecule has 1 amide bonds. The molecule has 0 radical (unpaired) electrons. The fraction of sp³-hybridized carbons (Fsp3) is 0.133. The third-order valence-electron chi connectivity index (χ3n) is 3.09. The monoisotopic (exact) mass is 281 g/mol. The topological polar surface area (TPSA) is 73.9 Å². The minimum Gasteiger partial charge on any atom is -0.343 e. The van der Waals surface area contributed by atoms with Gasteiger partial charge in [-0.05, 0) is 30.3 Å². The van der Waals surface area contributed by atoms with Gasteiger partial charge in [0.05, 0.1) is 11.7 Å². The molecular weight excluding hydrogens is 266 g/mol. The van der Waals surface area contributed by atoms with Crippen molar-refractivity contribution < 1.29 is 4.79 Å². The van der Waals surface area contributed by atoms with Crippen LogP contribution in [0.25, 0.3) is 10.9 Å². The number of hydrogen-bond donors (Lipinski definition) is 2. The van der Waals surface area contributed by atoms with Gasteiger partial charge in [0.25, 0.3) is 5.91 Å². The Morgan fingerprint density at radius 3 is 2.90 bits per heavy atom. The van der Waals surface area contributed by atoms with Gasteiger partial charge in [0, 0.05) is 25.2 Å². The van der Waals surface area contributed by atoms with Crippen molar-refractivity contribution in [2.75, 3.05) is 19.4 Å². The van der Waals surface area contributed by atoms with E-state index in [9.17, 15) is 4.79 Å². The van der Waals surface area contributed by atoms with Crippen LogP contribution in [-0.2, 0) is 0 Å². The maximum absolute atomic E-state index is 11.9. The van der Waals surface area contributed by atoms with Crippen molar-refractivity contribution in [2.45, 2.75) is 0 Å². The predicted molar refractivity (Wildman–Crippen MR) is 81.6 cm³/mol. The van der Waals surface area contributed by atoms with E-state index in [1.165, 1.54) is 4.90 Å². The summed E-state index contributed by atoms with van der Waals surface area (Å²) in [6.07, 6.45) is 1.76. The van der Waals surface area contributed by atoms with Gasteiger partial charge in [-0.2, -0.15) is 5.10 Å². The highest BCUT2D eigenvalue weighted by Gasteiger charge is 2.10. The number of anilines is 2. The Morgan fingerprint density at radius 1 is 1.24 bits per heavy atom. The highest BCUT2D eigenvalue weighted by molar-refractivity contribution is 5.92. The second kappa shape index (κ2) is 5.24. The van der Waals surface area contributed by atoms with E-state index in [-0.39, 0.29) is 5.91 Å². The van der Waals surface area contributed by atoms with E-state index in [0.29, 0.717) is 11.5 Å². The normalized spacial score (nSPS) is 10.6. The molecule has 21 heavy (non-hydrogen) atoms. The molecule has 0 atom stereocenters. The van der Waals surface area contributed by atoms with Crippen LogP contribution < -0.4 is 5.32 Å². The molecule has 2 aromatic heterocycles. The minimum absolute atomic E-state index is 0.121. The van der Waals surface area contributed by atoms with Gasteiger partial charge in [-0.25, -0.2) is 4.98 Å². The van der Waals surface area contributed by atoms with E-state index in [0.717, 1.165) is 16.6 Å². The maximum Gasteiger partial charge on any atom is 0.272 e. The Hall–Kier alpha value is -2.89. The molecule has 1 aromatic carbocycles. The van der Waals surface area contributed by atoms with Gasteiger partial charge in [-0.1, -0.05) is 6.07 Å². The molecule has 2 heterocycles. The molecule has 3 aromatic rings. The van der Waals surface area contributed by atoms with Crippen molar-refractivity contribution >= 4 is 28.3 Å². The molecular formula is C15H15N5O. The van der Waals surface area contributed by atoms with Crippen molar-refractivity contribution in [1.29, 1.82) is 0 Å². The predicted octanol–water partition coefficient (Wildman–Crippen LogP) is 2.40. The molecule has 0 bridgehead atoms. The molecule has 6 nitrogen and oxygen atoms in total. The van der Waals surface area contributed by atoms with Gasteiger partial charge in [0.2, 0.25) is 0 Å². The lowest BCUT2D eigenvalue weighted by molar-refractivity contribution is 0.0822. The molecule has 3 rings (SSSR count). The number of aromatic nitrogens is 3. The van der Waals surface area contributed by atoms with Crippen LogP contribution in [0.3, 0.4) is 0 Å². The highest BCUT2D eigenvalue weighted by atomic mass is 16.2. The lowest BCUT2D eigenvalue weighted by atomic mass is 10.2. The number of nitrogens with one attached hydrogen (secondary N) is 2. The van der Waals surface area contributed by atoms with E-state index < -0.39 is 0 Å². The van der Waals surface area contributed by atoms with Crippen molar-refractivity contribution in [3.8, 4) is 0 Å². The third-order valence-corrected chi connectivity index (χ3v) is 3.09. The second-order valence-electron chi connectivity index (χ2n) is 4.90. The first-order valence-electron chi connectivity index (χ1n) is 6.52. The van der Waals surface area contributed by atoms with Crippen LogP contribution in [0.2, 0.25) is 0 Å². The lowest BCUT2D eigenvalue weighted by Crippen LogP contribution is -2.22. The van der Waals surface area contributed by atoms with Gasteiger partial charge < -0.3 is 10.2 Å². The number of hydrogen-bond acceptors (Lipinski definition) is 4. The van der Waals surface area contributed by atoms with E-state index in [1.54, 1.807) is 26.4 Å². The van der Waals surface area contributed by atoms with Crippen LogP contribution in [0.15, 0.2) is 42.6 Å². The third kappa shape index (κ3) is 2.69. The van der Waals surface area contributed by atoms with Crippen molar-refractivity contribution in [2.24, 2.45) is 0 Å². The molecule has 6 heteroatoms. The number of aromatic amines is 1. The van der Waals surface area contributed by atoms with E-state index in [2.05, 4.69) is 20.5 Å². The zero-order valence-electron chi connectivity index (χ0n) is 11.8. The smallest absolute Gasteiger partial charge is 0.272 e. The summed E-state index contributed by atoms with van der Waals surface area (Å²) in [7, 11) is 3.41. The molecule has 0 aliphatic carbocycles. The molecule has 0 saturated carbocycles. The van der Waals surface area contributed by atoms with E-state index in [4.69, 9.17) is 0 Å². The highest BCUT2D eigenvalue weighted by Crippen LogP contribution is 2.20. The number of pyridine rings is 1. The number of fused-ring (bicyclic) bond motifs is 1. The quantitative estimate of drug-likeness (QED) is 0.773. The molecule has 0 spiro atoms. The van der Waals surface area contributed by atoms with Crippen molar-refractivity contribution in [1.82, 2.24) is 20.1 Å². The first kappa shape index (κ1) is 13.1. The summed E-state index contributed by atoms with van der Waals surface area (Å²) < 4.78 is 0. The Bertz CT molecular complexity index is 793. The Balaban J connectivity index is 1.87. The summed E-state index contributed by atoms with van der Waals surface area (Å²) >= 11 is 0. The number of H-pyrrole nitrogens is 1. The van der Waals surface area contributed by atoms with Gasteiger partial charge in [-0.3, -0.25) is 9.89 Å². The SMILES string of the molecule is CN(C)C(=O)c1cccc(Nc2ccc3[nH]ncc3c2)n1. The van der Waals surface area contributed by atoms with Crippen LogP contribution in [0.1, 0.15) is 10.5 Å². The fourth-order valence-electron chi connectivity index (χ4n) is 2.02. The summed E-state index contributed by atoms with van der Waals surface area (Å²) in [4.78, 5) is 17.7. The van der Waals surface area contributed by atoms with Crippen LogP contribution in [-0.4, -0.2) is 40.1 Å². The number of nitrogens with zero attached hydrogens (tertiary/aromatic N) is 3. The molecule has 0 fully saturated rings. The lowest BCUT2D eigenvalue weighted by Gasteiger charge is -2.11. The van der Waals surface area contributed by atoms with E-state index in [1.807, 2.05) is 30.3 Å². The van der Waals surface area contributed by atoms with Crippen LogP contribution in [0.4, 0.5) is 11.5 Å². The number of benzene rings is 1. The van der Waals surface area contributed by atoms with E-state index >= 15 is 0 Å². The Labute approximate surface area is 121 Å². The van der Waals surface area contributed by atoms with Gasteiger partial charge in [0.1, 0.15) is 11.5 Å². The summed E-state index contributed by atoms with van der Waals surface area (Å²) in [5.41, 5.74) is 2.28. The molecule has 0 aliphatic heterocycles. The molecule has 106 valence electrons. The zero-order chi connectivity index (χ0) is 14.8. The van der Waals surface area contributed by atoms with Crippen LogP contribution >= 0.6 is 0 Å². The summed E-state index contributed by atoms with van der Waals surface area (Å²) in [5.74, 6) is 0.509. The zero-order valence-corrected chi connectivity index (χ0v) is 11.8. The Kier molecular flexibility index (Phi) is 3.27. The second-order valence-corrected chi connectivity index (χ2v) is 4.90. The molecule has 0 aliphatic rings. The number of rotatable bonds is 3. The fourth-order valence-corrected chi connectivity index (χ4v) is 2.02. The number of carbonyl (C=O) groups excluding carboxylic acids is 1.